The molecule has 0 bridgehead atoms. The molecule has 3 rings (SSSR count). The van der Waals surface area contributed by atoms with Gasteiger partial charge in [-0.05, 0) is 43.3 Å². The Hall–Kier alpha value is -2.53. The van der Waals surface area contributed by atoms with Crippen LogP contribution in [-0.2, 0) is 7.05 Å². The molecule has 0 aliphatic rings. The van der Waals surface area contributed by atoms with Crippen molar-refractivity contribution in [3.8, 4) is 0 Å². The van der Waals surface area contributed by atoms with Gasteiger partial charge in [-0.1, -0.05) is 11.6 Å². The van der Waals surface area contributed by atoms with Crippen LogP contribution in [0.3, 0.4) is 0 Å². The maximum Gasteiger partial charge on any atom is 0.307 e. The quantitative estimate of drug-likeness (QED) is 0.594. The van der Waals surface area contributed by atoms with Crippen molar-refractivity contribution in [3.63, 3.8) is 0 Å². The van der Waals surface area contributed by atoms with Gasteiger partial charge >= 0.3 is 5.91 Å². The van der Waals surface area contributed by atoms with Crippen molar-refractivity contribution in [1.29, 1.82) is 0 Å². The molecule has 5 nitrogen and oxygen atoms in total. The highest BCUT2D eigenvalue weighted by Crippen LogP contribution is 2.22. The number of hydrogen-bond acceptors (Lipinski definition) is 3. The zero-order valence-electron chi connectivity index (χ0n) is 12.1. The second-order valence-electron chi connectivity index (χ2n) is 4.95. The van der Waals surface area contributed by atoms with E-state index in [4.69, 9.17) is 16.0 Å². The highest BCUT2D eigenvalue weighted by atomic mass is 35.5. The predicted molar refractivity (Wildman–Crippen MR) is 86.4 cm³/mol. The number of hydrazone groups is 1. The van der Waals surface area contributed by atoms with Crippen LogP contribution in [0.5, 0.6) is 0 Å². The molecule has 0 unspecified atom stereocenters. The van der Waals surface area contributed by atoms with Crippen molar-refractivity contribution in [2.24, 2.45) is 12.1 Å². The van der Waals surface area contributed by atoms with Gasteiger partial charge in [0.05, 0.1) is 11.9 Å². The van der Waals surface area contributed by atoms with E-state index < -0.39 is 5.91 Å². The largest absolute Gasteiger partial charge is 0.451 e. The van der Waals surface area contributed by atoms with Crippen LogP contribution in [0, 0.1) is 6.92 Å². The van der Waals surface area contributed by atoms with Gasteiger partial charge in [-0.25, -0.2) is 5.43 Å². The number of nitrogens with zero attached hydrogens (tertiary/aromatic N) is 2. The van der Waals surface area contributed by atoms with Crippen LogP contribution in [0.25, 0.3) is 11.0 Å². The molecule has 3 aromatic rings. The zero-order valence-corrected chi connectivity index (χ0v) is 12.9. The van der Waals surface area contributed by atoms with Crippen molar-refractivity contribution in [3.05, 3.63) is 58.6 Å². The average Bonchev–Trinajstić information content (AvgIpc) is 3.04. The molecule has 6 heteroatoms. The molecule has 0 saturated carbocycles. The molecule has 2 heterocycles. The summed E-state index contributed by atoms with van der Waals surface area (Å²) in [4.78, 5) is 12.0. The van der Waals surface area contributed by atoms with Crippen molar-refractivity contribution in [2.75, 3.05) is 0 Å². The first-order valence-corrected chi connectivity index (χ1v) is 7.07. The first-order chi connectivity index (χ1) is 10.5. The first-order valence-electron chi connectivity index (χ1n) is 6.69. The maximum absolute atomic E-state index is 12.0. The number of carbonyl (C=O) groups excluding carboxylic acids is 1. The standard InChI is InChI=1S/C16H14ClN3O2/c1-10-3-5-13(20(10)2)9-18-19-16(21)15-8-11-7-12(17)4-6-14(11)22-15/h3-9H,1-2H3,(H,19,21)/b18-9+. The van der Waals surface area contributed by atoms with E-state index in [2.05, 4.69) is 10.5 Å². The fourth-order valence-corrected chi connectivity index (χ4v) is 2.28. The summed E-state index contributed by atoms with van der Waals surface area (Å²) < 4.78 is 7.44. The minimum atomic E-state index is -0.408. The first kappa shape index (κ1) is 14.4. The second-order valence-corrected chi connectivity index (χ2v) is 5.39. The molecular weight excluding hydrogens is 302 g/mol. The summed E-state index contributed by atoms with van der Waals surface area (Å²) in [5, 5.41) is 5.32. The van der Waals surface area contributed by atoms with Crippen molar-refractivity contribution in [1.82, 2.24) is 9.99 Å². The normalized spacial score (nSPS) is 11.4. The summed E-state index contributed by atoms with van der Waals surface area (Å²) >= 11 is 5.91. The van der Waals surface area contributed by atoms with Gasteiger partial charge in [0.25, 0.3) is 0 Å². The van der Waals surface area contributed by atoms with E-state index >= 15 is 0 Å². The molecule has 0 atom stereocenters. The Kier molecular flexibility index (Phi) is 3.73. The number of benzene rings is 1. The Morgan fingerprint density at radius 1 is 1.32 bits per heavy atom. The Morgan fingerprint density at radius 3 is 2.86 bits per heavy atom. The molecule has 2 aromatic heterocycles. The van der Waals surface area contributed by atoms with Crippen molar-refractivity contribution < 1.29 is 9.21 Å². The number of aryl methyl sites for hydroxylation is 1. The van der Waals surface area contributed by atoms with Gasteiger partial charge in [0.1, 0.15) is 5.58 Å². The van der Waals surface area contributed by atoms with Crippen LogP contribution in [0.2, 0.25) is 5.02 Å². The number of amides is 1. The molecule has 22 heavy (non-hydrogen) atoms. The number of fused-ring (bicyclic) bond motifs is 1. The molecule has 1 N–H and O–H groups in total. The molecule has 0 saturated heterocycles. The number of hydrogen-bond donors (Lipinski definition) is 1. The molecule has 0 fully saturated rings. The number of halogens is 1. The van der Waals surface area contributed by atoms with E-state index in [0.717, 1.165) is 16.8 Å². The molecule has 1 aromatic carbocycles. The van der Waals surface area contributed by atoms with Gasteiger partial charge in [0.2, 0.25) is 0 Å². The molecule has 0 radical (unpaired) electrons. The van der Waals surface area contributed by atoms with Crippen molar-refractivity contribution >= 4 is 34.7 Å². The smallest absolute Gasteiger partial charge is 0.307 e. The molecule has 1 amide bonds. The van der Waals surface area contributed by atoms with Gasteiger partial charge in [0.15, 0.2) is 5.76 Å². The summed E-state index contributed by atoms with van der Waals surface area (Å²) in [6.45, 7) is 2.00. The number of nitrogens with one attached hydrogen (secondary N) is 1. The van der Waals surface area contributed by atoms with Gasteiger partial charge in [-0.15, -0.1) is 0 Å². The van der Waals surface area contributed by atoms with Gasteiger partial charge < -0.3 is 8.98 Å². The third kappa shape index (κ3) is 2.76. The molecule has 112 valence electrons. The average molecular weight is 316 g/mol. The van der Waals surface area contributed by atoms with Crippen LogP contribution in [0.15, 0.2) is 45.9 Å². The number of rotatable bonds is 3. The molecule has 0 spiro atoms. The van der Waals surface area contributed by atoms with Gasteiger partial charge in [-0.2, -0.15) is 5.10 Å². The van der Waals surface area contributed by atoms with E-state index in [1.807, 2.05) is 30.7 Å². The topological polar surface area (TPSA) is 59.5 Å². The van der Waals surface area contributed by atoms with Crippen LogP contribution in [0.1, 0.15) is 21.9 Å². The van der Waals surface area contributed by atoms with Crippen molar-refractivity contribution in [2.45, 2.75) is 6.92 Å². The van der Waals surface area contributed by atoms with Crippen LogP contribution in [0.4, 0.5) is 0 Å². The third-order valence-electron chi connectivity index (χ3n) is 3.48. The number of furan rings is 1. The maximum atomic E-state index is 12.0. The van der Waals surface area contributed by atoms with E-state index in [1.54, 1.807) is 30.5 Å². The molecule has 0 aliphatic carbocycles. The van der Waals surface area contributed by atoms with E-state index in [1.165, 1.54) is 0 Å². The fraction of sp³-hybridized carbons (Fsp3) is 0.125. The predicted octanol–water partition coefficient (Wildman–Crippen LogP) is 3.50. The van der Waals surface area contributed by atoms with Gasteiger partial charge in [0, 0.05) is 23.2 Å². The minimum absolute atomic E-state index is 0.192. The number of carbonyl (C=O) groups is 1. The van der Waals surface area contributed by atoms with Crippen LogP contribution < -0.4 is 5.43 Å². The lowest BCUT2D eigenvalue weighted by Gasteiger charge is -1.99. The summed E-state index contributed by atoms with van der Waals surface area (Å²) in [6, 6.07) is 10.7. The zero-order chi connectivity index (χ0) is 15.7. The lowest BCUT2D eigenvalue weighted by molar-refractivity contribution is 0.0929. The molecular formula is C16H14ClN3O2. The molecule has 0 aliphatic heterocycles. The lowest BCUT2D eigenvalue weighted by Crippen LogP contribution is -2.17. The lowest BCUT2D eigenvalue weighted by atomic mass is 10.2. The SMILES string of the molecule is Cc1ccc(/C=N/NC(=O)c2cc3cc(Cl)ccc3o2)n1C. The second kappa shape index (κ2) is 5.69. The Balaban J connectivity index is 1.74. The highest BCUT2D eigenvalue weighted by Gasteiger charge is 2.11. The van der Waals surface area contributed by atoms with Crippen LogP contribution in [-0.4, -0.2) is 16.7 Å². The summed E-state index contributed by atoms with van der Waals surface area (Å²) in [7, 11) is 1.93. The Morgan fingerprint density at radius 2 is 2.14 bits per heavy atom. The monoisotopic (exact) mass is 315 g/mol. The number of aromatic nitrogens is 1. The van der Waals surface area contributed by atoms with E-state index in [9.17, 15) is 4.79 Å². The van der Waals surface area contributed by atoms with E-state index in [-0.39, 0.29) is 5.76 Å². The third-order valence-corrected chi connectivity index (χ3v) is 3.71. The van der Waals surface area contributed by atoms with Gasteiger partial charge in [-0.3, -0.25) is 4.79 Å². The van der Waals surface area contributed by atoms with E-state index in [0.29, 0.717) is 10.6 Å². The summed E-state index contributed by atoms with van der Waals surface area (Å²) in [5.41, 5.74) is 5.07. The minimum Gasteiger partial charge on any atom is -0.451 e. The summed E-state index contributed by atoms with van der Waals surface area (Å²) in [6.07, 6.45) is 1.59. The fourth-order valence-electron chi connectivity index (χ4n) is 2.10. The Bertz CT molecular complexity index is 877. The highest BCUT2D eigenvalue weighted by molar-refractivity contribution is 6.31. The summed E-state index contributed by atoms with van der Waals surface area (Å²) in [5.74, 6) is -0.216. The van der Waals surface area contributed by atoms with Crippen LogP contribution >= 0.6 is 11.6 Å². The Labute approximate surface area is 132 Å².